The predicted octanol–water partition coefficient (Wildman–Crippen LogP) is 6.21. The van der Waals surface area contributed by atoms with E-state index in [1.54, 1.807) is 42.3 Å². The van der Waals surface area contributed by atoms with E-state index in [4.69, 9.17) is 14.2 Å². The molecule has 0 radical (unpaired) electrons. The Hall–Kier alpha value is -3.52. The third-order valence-electron chi connectivity index (χ3n) is 7.42. The van der Waals surface area contributed by atoms with Crippen molar-refractivity contribution in [1.29, 1.82) is 0 Å². The summed E-state index contributed by atoms with van der Waals surface area (Å²) < 4.78 is 17.3. The largest absolute Gasteiger partial charge is 0.507 e. The third-order valence-corrected chi connectivity index (χ3v) is 7.42. The van der Waals surface area contributed by atoms with E-state index < -0.39 is 17.7 Å². The number of benzene rings is 2. The van der Waals surface area contributed by atoms with Gasteiger partial charge in [-0.1, -0.05) is 46.6 Å². The number of ketones is 1. The van der Waals surface area contributed by atoms with Gasteiger partial charge in [-0.2, -0.15) is 0 Å². The van der Waals surface area contributed by atoms with Gasteiger partial charge in [0.2, 0.25) is 0 Å². The molecule has 224 valence electrons. The zero-order chi connectivity index (χ0) is 29.8. The van der Waals surface area contributed by atoms with Crippen LogP contribution in [-0.4, -0.2) is 73.1 Å². The number of carbonyl (C=O) groups excluding carboxylic acids is 2. The molecular formula is C33H46N2O6. The Morgan fingerprint density at radius 2 is 1.61 bits per heavy atom. The minimum absolute atomic E-state index is 0.0683. The molecule has 1 fully saturated rings. The highest BCUT2D eigenvalue weighted by Gasteiger charge is 2.46. The number of hydrogen-bond donors (Lipinski definition) is 1. The zero-order valence-corrected chi connectivity index (χ0v) is 25.3. The van der Waals surface area contributed by atoms with Gasteiger partial charge >= 0.3 is 0 Å². The van der Waals surface area contributed by atoms with Crippen molar-refractivity contribution < 1.29 is 28.9 Å². The zero-order valence-electron chi connectivity index (χ0n) is 25.3. The van der Waals surface area contributed by atoms with Crippen LogP contribution >= 0.6 is 0 Å². The second-order valence-electron chi connectivity index (χ2n) is 10.2. The summed E-state index contributed by atoms with van der Waals surface area (Å²) in [6.45, 7) is 12.5. The average molecular weight is 567 g/mol. The molecule has 1 aliphatic heterocycles. The average Bonchev–Trinajstić information content (AvgIpc) is 3.25. The molecule has 1 atom stereocenters. The SMILES string of the molecule is CCCCCOc1ccc([C@@H]2C(=C(O)c3ccc(OCCC)cc3)C(=O)C(=O)N2CCCN(CC)CC)cc1OC. The quantitative estimate of drug-likeness (QED) is 0.105. The summed E-state index contributed by atoms with van der Waals surface area (Å²) in [7, 11) is 1.57. The van der Waals surface area contributed by atoms with E-state index in [-0.39, 0.29) is 11.3 Å². The van der Waals surface area contributed by atoms with E-state index in [0.29, 0.717) is 54.6 Å². The van der Waals surface area contributed by atoms with Crippen LogP contribution in [-0.2, 0) is 9.59 Å². The monoisotopic (exact) mass is 566 g/mol. The third kappa shape index (κ3) is 8.03. The molecule has 1 N–H and O–H groups in total. The van der Waals surface area contributed by atoms with E-state index in [0.717, 1.165) is 45.3 Å². The van der Waals surface area contributed by atoms with Gasteiger partial charge in [0, 0.05) is 12.1 Å². The summed E-state index contributed by atoms with van der Waals surface area (Å²) in [6.07, 6.45) is 4.70. The molecule has 1 aliphatic rings. The standard InChI is InChI=1S/C33H46N2O6/c1-6-10-11-22-41-27-18-15-25(23-28(27)39-5)30-29(31(36)24-13-16-26(17-14-24)40-21-7-2)32(37)33(38)35(30)20-12-19-34(8-3)9-4/h13-18,23,30,36H,6-12,19-22H2,1-5H3/t30-/m1/s1. The summed E-state index contributed by atoms with van der Waals surface area (Å²) in [5.74, 6) is 0.286. The molecule has 0 aliphatic carbocycles. The first-order valence-electron chi connectivity index (χ1n) is 14.9. The van der Waals surface area contributed by atoms with Gasteiger partial charge in [0.1, 0.15) is 11.5 Å². The molecule has 0 aromatic heterocycles. The molecule has 0 bridgehead atoms. The van der Waals surface area contributed by atoms with Crippen LogP contribution in [0.5, 0.6) is 17.2 Å². The van der Waals surface area contributed by atoms with Gasteiger partial charge < -0.3 is 29.1 Å². The van der Waals surface area contributed by atoms with Crippen molar-refractivity contribution in [3.63, 3.8) is 0 Å². The fraction of sp³-hybridized carbons (Fsp3) is 0.515. The van der Waals surface area contributed by atoms with Crippen molar-refractivity contribution in [3.8, 4) is 17.2 Å². The summed E-state index contributed by atoms with van der Waals surface area (Å²) in [6, 6.07) is 11.6. The van der Waals surface area contributed by atoms with Crippen molar-refractivity contribution in [2.45, 2.75) is 65.8 Å². The van der Waals surface area contributed by atoms with Crippen LogP contribution in [0, 0.1) is 0 Å². The van der Waals surface area contributed by atoms with E-state index in [2.05, 4.69) is 25.7 Å². The molecule has 8 heteroatoms. The van der Waals surface area contributed by atoms with Crippen LogP contribution in [0.3, 0.4) is 0 Å². The van der Waals surface area contributed by atoms with Crippen molar-refractivity contribution in [1.82, 2.24) is 9.80 Å². The lowest BCUT2D eigenvalue weighted by Crippen LogP contribution is -2.33. The number of ether oxygens (including phenoxy) is 3. The van der Waals surface area contributed by atoms with Crippen molar-refractivity contribution >= 4 is 17.4 Å². The fourth-order valence-electron chi connectivity index (χ4n) is 5.05. The van der Waals surface area contributed by atoms with Crippen LogP contribution in [0.1, 0.15) is 77.0 Å². The number of nitrogens with zero attached hydrogens (tertiary/aromatic N) is 2. The molecule has 0 spiro atoms. The Morgan fingerprint density at radius 1 is 0.878 bits per heavy atom. The molecule has 41 heavy (non-hydrogen) atoms. The molecule has 0 unspecified atom stereocenters. The second kappa shape index (κ2) is 16.1. The Morgan fingerprint density at radius 3 is 2.24 bits per heavy atom. The highest BCUT2D eigenvalue weighted by atomic mass is 16.5. The number of aliphatic hydroxyl groups is 1. The maximum Gasteiger partial charge on any atom is 0.295 e. The lowest BCUT2D eigenvalue weighted by molar-refractivity contribution is -0.140. The first-order valence-corrected chi connectivity index (χ1v) is 14.9. The minimum atomic E-state index is -0.759. The van der Waals surface area contributed by atoms with Crippen LogP contribution in [0.2, 0.25) is 0 Å². The van der Waals surface area contributed by atoms with Gasteiger partial charge in [0.05, 0.1) is 31.9 Å². The molecule has 0 saturated carbocycles. The molecule has 8 nitrogen and oxygen atoms in total. The van der Waals surface area contributed by atoms with E-state index in [1.165, 1.54) is 0 Å². The summed E-state index contributed by atoms with van der Waals surface area (Å²) in [4.78, 5) is 30.7. The van der Waals surface area contributed by atoms with Gasteiger partial charge in [0.15, 0.2) is 11.5 Å². The predicted molar refractivity (Wildman–Crippen MR) is 162 cm³/mol. The van der Waals surface area contributed by atoms with Gasteiger partial charge in [-0.05, 0) is 80.9 Å². The number of amides is 1. The number of Topliss-reactive ketones (excluding diaryl/α,β-unsaturated/α-hetero) is 1. The van der Waals surface area contributed by atoms with Gasteiger partial charge in [-0.3, -0.25) is 9.59 Å². The minimum Gasteiger partial charge on any atom is -0.507 e. The highest BCUT2D eigenvalue weighted by molar-refractivity contribution is 6.46. The molecule has 3 rings (SSSR count). The van der Waals surface area contributed by atoms with E-state index in [9.17, 15) is 14.7 Å². The van der Waals surface area contributed by atoms with E-state index in [1.807, 2.05) is 19.1 Å². The number of likely N-dealkylation sites (tertiary alicyclic amines) is 1. The topological polar surface area (TPSA) is 88.5 Å². The van der Waals surface area contributed by atoms with Gasteiger partial charge in [0.25, 0.3) is 11.7 Å². The molecular weight excluding hydrogens is 520 g/mol. The maximum absolute atomic E-state index is 13.5. The highest BCUT2D eigenvalue weighted by Crippen LogP contribution is 2.42. The lowest BCUT2D eigenvalue weighted by Gasteiger charge is -2.27. The Kier molecular flexibility index (Phi) is 12.5. The Bertz CT molecular complexity index is 1170. The van der Waals surface area contributed by atoms with Crippen molar-refractivity contribution in [2.75, 3.05) is 46.5 Å². The lowest BCUT2D eigenvalue weighted by atomic mass is 9.95. The molecule has 2 aromatic carbocycles. The Balaban J connectivity index is 2.01. The smallest absolute Gasteiger partial charge is 0.295 e. The fourth-order valence-corrected chi connectivity index (χ4v) is 5.05. The van der Waals surface area contributed by atoms with Crippen LogP contribution in [0.15, 0.2) is 48.0 Å². The van der Waals surface area contributed by atoms with E-state index >= 15 is 0 Å². The van der Waals surface area contributed by atoms with Crippen molar-refractivity contribution in [2.24, 2.45) is 0 Å². The second-order valence-corrected chi connectivity index (χ2v) is 10.2. The molecule has 1 amide bonds. The molecule has 2 aromatic rings. The number of rotatable bonds is 17. The summed E-state index contributed by atoms with van der Waals surface area (Å²) in [5, 5.41) is 11.4. The normalized spacial score (nSPS) is 16.4. The van der Waals surface area contributed by atoms with Crippen LogP contribution in [0.25, 0.3) is 5.76 Å². The Labute approximate surface area is 244 Å². The number of methoxy groups -OCH3 is 1. The molecule has 1 saturated heterocycles. The number of carbonyl (C=O) groups is 2. The number of unbranched alkanes of at least 4 members (excludes halogenated alkanes) is 2. The summed E-state index contributed by atoms with van der Waals surface area (Å²) in [5.41, 5.74) is 1.19. The molecule has 1 heterocycles. The van der Waals surface area contributed by atoms with Crippen LogP contribution in [0.4, 0.5) is 0 Å². The van der Waals surface area contributed by atoms with Crippen LogP contribution < -0.4 is 14.2 Å². The summed E-state index contributed by atoms with van der Waals surface area (Å²) >= 11 is 0. The first kappa shape index (κ1) is 32.0. The number of aliphatic hydroxyl groups excluding tert-OH is 1. The van der Waals surface area contributed by atoms with Crippen molar-refractivity contribution in [3.05, 3.63) is 59.2 Å². The first-order chi connectivity index (χ1) is 19.9. The van der Waals surface area contributed by atoms with Gasteiger partial charge in [-0.15, -0.1) is 0 Å². The number of hydrogen-bond acceptors (Lipinski definition) is 7. The maximum atomic E-state index is 13.5. The van der Waals surface area contributed by atoms with Gasteiger partial charge in [-0.25, -0.2) is 0 Å².